The molecule has 1 aromatic rings. The van der Waals surface area contributed by atoms with E-state index in [1.54, 1.807) is 18.2 Å². The SMILES string of the molecule is CC(C)(C)N1C(=O)CCC(C(=O)O)C1c1ccccc1F. The van der Waals surface area contributed by atoms with Gasteiger partial charge in [-0.2, -0.15) is 0 Å². The highest BCUT2D eigenvalue weighted by Crippen LogP contribution is 2.41. The molecule has 1 aliphatic heterocycles. The first kappa shape index (κ1) is 15.5. The lowest BCUT2D eigenvalue weighted by molar-refractivity contribution is -0.156. The van der Waals surface area contributed by atoms with Crippen LogP contribution in [0.25, 0.3) is 0 Å². The fraction of sp³-hybridized carbons (Fsp3) is 0.500. The zero-order chi connectivity index (χ0) is 15.8. The van der Waals surface area contributed by atoms with Gasteiger partial charge in [-0.15, -0.1) is 0 Å². The Hall–Kier alpha value is -1.91. The van der Waals surface area contributed by atoms with Crippen LogP contribution in [0.3, 0.4) is 0 Å². The van der Waals surface area contributed by atoms with Gasteiger partial charge in [-0.3, -0.25) is 9.59 Å². The molecule has 1 aromatic carbocycles. The number of piperidine rings is 1. The highest BCUT2D eigenvalue weighted by atomic mass is 19.1. The molecule has 5 heteroatoms. The number of rotatable bonds is 2. The quantitative estimate of drug-likeness (QED) is 0.912. The summed E-state index contributed by atoms with van der Waals surface area (Å²) in [6, 6.07) is 5.31. The number of amides is 1. The molecule has 1 N–H and O–H groups in total. The van der Waals surface area contributed by atoms with Crippen molar-refractivity contribution in [2.75, 3.05) is 0 Å². The lowest BCUT2D eigenvalue weighted by Gasteiger charge is -2.47. The van der Waals surface area contributed by atoms with Crippen LogP contribution in [-0.4, -0.2) is 27.4 Å². The third-order valence-electron chi connectivity index (χ3n) is 3.86. The monoisotopic (exact) mass is 293 g/mol. The zero-order valence-corrected chi connectivity index (χ0v) is 12.5. The molecule has 114 valence electrons. The second-order valence-electron chi connectivity index (χ2n) is 6.38. The van der Waals surface area contributed by atoms with Gasteiger partial charge in [-0.05, 0) is 33.3 Å². The number of likely N-dealkylation sites (tertiary alicyclic amines) is 1. The van der Waals surface area contributed by atoms with Crippen molar-refractivity contribution in [3.8, 4) is 0 Å². The van der Waals surface area contributed by atoms with Crippen molar-refractivity contribution in [2.24, 2.45) is 5.92 Å². The number of nitrogens with zero attached hydrogens (tertiary/aromatic N) is 1. The first-order chi connectivity index (χ1) is 9.73. The summed E-state index contributed by atoms with van der Waals surface area (Å²) in [5.41, 5.74) is -0.300. The molecule has 1 heterocycles. The summed E-state index contributed by atoms with van der Waals surface area (Å²) in [5, 5.41) is 9.47. The van der Waals surface area contributed by atoms with E-state index in [0.29, 0.717) is 0 Å². The summed E-state index contributed by atoms with van der Waals surface area (Å²) in [5.74, 6) is -2.39. The van der Waals surface area contributed by atoms with Crippen molar-refractivity contribution < 1.29 is 19.1 Å². The molecule has 0 saturated carbocycles. The van der Waals surface area contributed by atoms with Crippen LogP contribution in [0.15, 0.2) is 24.3 Å². The number of carboxylic acid groups (broad SMARTS) is 1. The highest BCUT2D eigenvalue weighted by molar-refractivity contribution is 5.82. The van der Waals surface area contributed by atoms with Gasteiger partial charge in [0.15, 0.2) is 0 Å². The van der Waals surface area contributed by atoms with E-state index in [-0.39, 0.29) is 24.3 Å². The summed E-state index contributed by atoms with van der Waals surface area (Å²) >= 11 is 0. The minimum absolute atomic E-state index is 0.131. The van der Waals surface area contributed by atoms with Gasteiger partial charge in [0.05, 0.1) is 12.0 Å². The summed E-state index contributed by atoms with van der Waals surface area (Å²) in [4.78, 5) is 25.4. The van der Waals surface area contributed by atoms with Gasteiger partial charge in [0.2, 0.25) is 5.91 Å². The molecule has 0 radical (unpaired) electrons. The molecule has 2 rings (SSSR count). The first-order valence-corrected chi connectivity index (χ1v) is 7.03. The molecule has 1 fully saturated rings. The molecule has 4 nitrogen and oxygen atoms in total. The molecular formula is C16H20FNO3. The number of halogens is 1. The van der Waals surface area contributed by atoms with Crippen LogP contribution in [0.4, 0.5) is 4.39 Å². The minimum Gasteiger partial charge on any atom is -0.481 e. The molecule has 1 aliphatic rings. The van der Waals surface area contributed by atoms with E-state index >= 15 is 0 Å². The fourth-order valence-electron chi connectivity index (χ4n) is 3.01. The lowest BCUT2D eigenvalue weighted by atomic mass is 9.81. The second kappa shape index (κ2) is 5.47. The van der Waals surface area contributed by atoms with Crippen molar-refractivity contribution in [3.05, 3.63) is 35.6 Å². The Bertz CT molecular complexity index is 565. The summed E-state index contributed by atoms with van der Waals surface area (Å²) in [6.45, 7) is 5.51. The van der Waals surface area contributed by atoms with Crippen LogP contribution < -0.4 is 0 Å². The van der Waals surface area contributed by atoms with Crippen molar-refractivity contribution in [2.45, 2.75) is 45.2 Å². The molecular weight excluding hydrogens is 273 g/mol. The summed E-state index contributed by atoms with van der Waals surface area (Å²) in [7, 11) is 0. The van der Waals surface area contributed by atoms with E-state index in [9.17, 15) is 19.1 Å². The Morgan fingerprint density at radius 2 is 1.95 bits per heavy atom. The number of aliphatic carboxylic acids is 1. The molecule has 0 aliphatic carbocycles. The largest absolute Gasteiger partial charge is 0.481 e. The third-order valence-corrected chi connectivity index (χ3v) is 3.86. The molecule has 2 unspecified atom stereocenters. The van der Waals surface area contributed by atoms with Gasteiger partial charge in [-0.1, -0.05) is 18.2 Å². The van der Waals surface area contributed by atoms with Gasteiger partial charge < -0.3 is 10.0 Å². The molecule has 21 heavy (non-hydrogen) atoms. The first-order valence-electron chi connectivity index (χ1n) is 7.03. The van der Waals surface area contributed by atoms with Crippen LogP contribution in [0.2, 0.25) is 0 Å². The standard InChI is InChI=1S/C16H20FNO3/c1-16(2,3)18-13(19)9-8-11(15(20)21)14(18)10-6-4-5-7-12(10)17/h4-7,11,14H,8-9H2,1-3H3,(H,20,21). The normalized spacial score (nSPS) is 23.2. The van der Waals surface area contributed by atoms with Gasteiger partial charge >= 0.3 is 5.97 Å². The van der Waals surface area contributed by atoms with Gasteiger partial charge in [-0.25, -0.2) is 4.39 Å². The second-order valence-corrected chi connectivity index (χ2v) is 6.38. The molecule has 2 atom stereocenters. The highest BCUT2D eigenvalue weighted by Gasteiger charge is 2.45. The Morgan fingerprint density at radius 1 is 1.33 bits per heavy atom. The Balaban J connectivity index is 2.58. The Kier molecular flexibility index (Phi) is 4.03. The molecule has 0 aromatic heterocycles. The van der Waals surface area contributed by atoms with E-state index in [4.69, 9.17) is 0 Å². The number of carboxylic acids is 1. The lowest BCUT2D eigenvalue weighted by Crippen LogP contribution is -2.54. The predicted octanol–water partition coefficient (Wildman–Crippen LogP) is 2.99. The maximum atomic E-state index is 14.2. The summed E-state index contributed by atoms with van der Waals surface area (Å²) in [6.07, 6.45) is 0.416. The Labute approximate surface area is 123 Å². The number of hydrogen-bond acceptors (Lipinski definition) is 2. The molecule has 0 bridgehead atoms. The number of carbonyl (C=O) groups is 2. The maximum Gasteiger partial charge on any atom is 0.308 e. The fourth-order valence-corrected chi connectivity index (χ4v) is 3.01. The van der Waals surface area contributed by atoms with Crippen LogP contribution in [0, 0.1) is 11.7 Å². The third kappa shape index (κ3) is 2.91. The average Bonchev–Trinajstić information content (AvgIpc) is 2.37. The van der Waals surface area contributed by atoms with Gasteiger partial charge in [0.25, 0.3) is 0 Å². The topological polar surface area (TPSA) is 57.6 Å². The van der Waals surface area contributed by atoms with Crippen molar-refractivity contribution >= 4 is 11.9 Å². The summed E-state index contributed by atoms with van der Waals surface area (Å²) < 4.78 is 14.2. The van der Waals surface area contributed by atoms with Crippen LogP contribution in [-0.2, 0) is 9.59 Å². The van der Waals surface area contributed by atoms with Crippen LogP contribution in [0.5, 0.6) is 0 Å². The van der Waals surface area contributed by atoms with Crippen molar-refractivity contribution in [3.63, 3.8) is 0 Å². The Morgan fingerprint density at radius 3 is 2.48 bits per heavy atom. The van der Waals surface area contributed by atoms with Gasteiger partial charge in [0, 0.05) is 17.5 Å². The van der Waals surface area contributed by atoms with Crippen LogP contribution in [0.1, 0.15) is 45.2 Å². The van der Waals surface area contributed by atoms with E-state index in [2.05, 4.69) is 0 Å². The van der Waals surface area contributed by atoms with E-state index in [0.717, 1.165) is 0 Å². The van der Waals surface area contributed by atoms with E-state index < -0.39 is 29.3 Å². The number of carbonyl (C=O) groups excluding carboxylic acids is 1. The van der Waals surface area contributed by atoms with E-state index in [1.807, 2.05) is 20.8 Å². The van der Waals surface area contributed by atoms with Gasteiger partial charge in [0.1, 0.15) is 5.82 Å². The van der Waals surface area contributed by atoms with Crippen LogP contribution >= 0.6 is 0 Å². The molecule has 1 amide bonds. The van der Waals surface area contributed by atoms with Crippen molar-refractivity contribution in [1.82, 2.24) is 4.90 Å². The smallest absolute Gasteiger partial charge is 0.308 e. The number of hydrogen-bond donors (Lipinski definition) is 1. The molecule has 0 spiro atoms. The zero-order valence-electron chi connectivity index (χ0n) is 12.5. The number of benzene rings is 1. The maximum absolute atomic E-state index is 14.2. The van der Waals surface area contributed by atoms with Crippen molar-refractivity contribution in [1.29, 1.82) is 0 Å². The predicted molar refractivity (Wildman–Crippen MR) is 76.1 cm³/mol. The average molecular weight is 293 g/mol. The van der Waals surface area contributed by atoms with E-state index in [1.165, 1.54) is 11.0 Å². The molecule has 1 saturated heterocycles. The minimum atomic E-state index is -0.995.